The van der Waals surface area contributed by atoms with Crippen LogP contribution in [0.2, 0.25) is 0 Å². The van der Waals surface area contributed by atoms with Gasteiger partial charge in [-0.3, -0.25) is 0 Å². The molecule has 4 atom stereocenters. The molecule has 13 heavy (non-hydrogen) atoms. The van der Waals surface area contributed by atoms with Crippen molar-refractivity contribution < 1.29 is 14.9 Å². The van der Waals surface area contributed by atoms with Gasteiger partial charge in [-0.15, -0.1) is 0 Å². The average Bonchev–Trinajstić information content (AvgIpc) is 2.32. The highest BCUT2D eigenvalue weighted by Gasteiger charge is 2.51. The second-order valence-corrected chi connectivity index (χ2v) is 3.69. The second kappa shape index (κ2) is 3.97. The van der Waals surface area contributed by atoms with Gasteiger partial charge in [-0.2, -0.15) is 0 Å². The normalized spacial score (nSPS) is 44.5. The molecule has 2 N–H and O–H groups in total. The van der Waals surface area contributed by atoms with E-state index < -0.39 is 24.0 Å². The zero-order valence-corrected chi connectivity index (χ0v) is 9.12. The number of azide groups is 1. The molecule has 0 aromatic heterocycles. The predicted molar refractivity (Wildman–Crippen MR) is 53.3 cm³/mol. The van der Waals surface area contributed by atoms with Gasteiger partial charge in [0, 0.05) is 9.34 Å². The smallest absolute Gasteiger partial charge is 0.184 e. The summed E-state index contributed by atoms with van der Waals surface area (Å²) < 4.78 is 5.54. The third-order valence-electron chi connectivity index (χ3n) is 2.06. The molecule has 0 amide bonds. The van der Waals surface area contributed by atoms with E-state index in [1.165, 1.54) is 0 Å². The van der Waals surface area contributed by atoms with Crippen molar-refractivity contribution in [3.05, 3.63) is 10.4 Å². The Bertz CT molecular complexity index is 245. The molecule has 0 bridgehead atoms. The maximum atomic E-state index is 9.56. The number of aliphatic hydroxyl groups is 2. The number of ether oxygens (including phenoxy) is 1. The Labute approximate surface area is 88.7 Å². The van der Waals surface area contributed by atoms with Gasteiger partial charge in [0.25, 0.3) is 0 Å². The molecule has 0 unspecified atom stereocenters. The first-order valence-corrected chi connectivity index (χ1v) is 5.26. The Morgan fingerprint density at radius 2 is 2.31 bits per heavy atom. The number of hydrogen-bond donors (Lipinski definition) is 2. The van der Waals surface area contributed by atoms with Crippen LogP contribution in [0.25, 0.3) is 10.4 Å². The van der Waals surface area contributed by atoms with Gasteiger partial charge in [-0.1, -0.05) is 27.7 Å². The molecule has 74 valence electrons. The van der Waals surface area contributed by atoms with Crippen molar-refractivity contribution in [1.82, 2.24) is 0 Å². The van der Waals surface area contributed by atoms with E-state index in [2.05, 4.69) is 10.0 Å². The lowest BCUT2D eigenvalue weighted by Gasteiger charge is -2.23. The zero-order chi connectivity index (χ0) is 10.1. The van der Waals surface area contributed by atoms with Gasteiger partial charge in [0.05, 0.1) is 6.10 Å². The van der Waals surface area contributed by atoms with Crippen LogP contribution in [-0.2, 0) is 4.74 Å². The van der Waals surface area contributed by atoms with E-state index in [1.54, 1.807) is 6.92 Å². The molecule has 1 fully saturated rings. The minimum Gasteiger partial charge on any atom is -0.388 e. The van der Waals surface area contributed by atoms with Gasteiger partial charge >= 0.3 is 0 Å². The molecule has 0 saturated carbocycles. The Morgan fingerprint density at radius 1 is 1.69 bits per heavy atom. The van der Waals surface area contributed by atoms with E-state index in [1.807, 2.05) is 22.6 Å². The number of halogens is 1. The SMILES string of the molecule is C[C@@H]1O[C@@](CI)(N=[N+]=[N-])[C@@H](O)[C@H]1O. The number of alkyl halides is 1. The van der Waals surface area contributed by atoms with Crippen molar-refractivity contribution in [1.29, 1.82) is 0 Å². The lowest BCUT2D eigenvalue weighted by atomic mass is 10.1. The number of rotatable bonds is 2. The second-order valence-electron chi connectivity index (χ2n) is 2.93. The summed E-state index contributed by atoms with van der Waals surface area (Å²) in [6.07, 6.45) is -2.68. The Morgan fingerprint density at radius 3 is 2.62 bits per heavy atom. The first kappa shape index (κ1) is 11.0. The van der Waals surface area contributed by atoms with Crippen LogP contribution in [0.3, 0.4) is 0 Å². The number of aliphatic hydroxyl groups excluding tert-OH is 2. The highest BCUT2D eigenvalue weighted by atomic mass is 127. The van der Waals surface area contributed by atoms with Crippen LogP contribution < -0.4 is 0 Å². The molecule has 1 aliphatic rings. The summed E-state index contributed by atoms with van der Waals surface area (Å²) in [5, 5.41) is 22.4. The average molecular weight is 299 g/mol. The van der Waals surface area contributed by atoms with Gasteiger partial charge in [0.15, 0.2) is 5.72 Å². The van der Waals surface area contributed by atoms with Crippen LogP contribution in [0.1, 0.15) is 6.92 Å². The van der Waals surface area contributed by atoms with Gasteiger partial charge < -0.3 is 14.9 Å². The van der Waals surface area contributed by atoms with Gasteiger partial charge in [-0.05, 0) is 12.5 Å². The third kappa shape index (κ3) is 1.75. The molecule has 1 saturated heterocycles. The molecule has 7 heteroatoms. The van der Waals surface area contributed by atoms with Crippen LogP contribution in [0.5, 0.6) is 0 Å². The number of hydrogen-bond acceptors (Lipinski definition) is 4. The van der Waals surface area contributed by atoms with Crippen LogP contribution in [-0.4, -0.2) is 38.7 Å². The molecule has 1 aliphatic heterocycles. The minimum atomic E-state index is -1.31. The van der Waals surface area contributed by atoms with Gasteiger partial charge in [-0.25, -0.2) is 0 Å². The van der Waals surface area contributed by atoms with Crippen molar-refractivity contribution in [2.24, 2.45) is 5.11 Å². The molecule has 0 aromatic rings. The van der Waals surface area contributed by atoms with Crippen LogP contribution in [0.4, 0.5) is 0 Å². The fourth-order valence-corrected chi connectivity index (χ4v) is 2.06. The van der Waals surface area contributed by atoms with E-state index in [-0.39, 0.29) is 0 Å². The minimum absolute atomic E-state index is 0.303. The molecule has 0 aromatic carbocycles. The Kier molecular flexibility index (Phi) is 3.36. The molecule has 6 nitrogen and oxygen atoms in total. The molecule has 0 spiro atoms. The standard InChI is InChI=1S/C6H10IN3O3/c1-3-4(11)5(12)6(2-7,13-3)9-10-8/h3-5,11-12H,2H2,1H3/t3-,4-,5-,6+/m0/s1. The zero-order valence-electron chi connectivity index (χ0n) is 6.96. The summed E-state index contributed by atoms with van der Waals surface area (Å²) in [5.74, 6) is 0. The summed E-state index contributed by atoms with van der Waals surface area (Å²) in [6.45, 7) is 1.62. The van der Waals surface area contributed by atoms with Crippen LogP contribution in [0.15, 0.2) is 5.11 Å². The summed E-state index contributed by atoms with van der Waals surface area (Å²) in [5.41, 5.74) is 6.98. The summed E-state index contributed by atoms with van der Waals surface area (Å²) in [6, 6.07) is 0. The first-order chi connectivity index (χ1) is 6.07. The summed E-state index contributed by atoms with van der Waals surface area (Å²) >= 11 is 1.94. The highest BCUT2D eigenvalue weighted by molar-refractivity contribution is 14.1. The number of nitrogens with zero attached hydrogens (tertiary/aromatic N) is 3. The molecular formula is C6H10IN3O3. The van der Waals surface area contributed by atoms with E-state index >= 15 is 0 Å². The molecule has 1 rings (SSSR count). The monoisotopic (exact) mass is 299 g/mol. The maximum absolute atomic E-state index is 9.56. The third-order valence-corrected chi connectivity index (χ3v) is 3.15. The lowest BCUT2D eigenvalue weighted by molar-refractivity contribution is -0.0544. The van der Waals surface area contributed by atoms with E-state index in [4.69, 9.17) is 10.3 Å². The summed E-state index contributed by atoms with van der Waals surface area (Å²) in [7, 11) is 0. The highest BCUT2D eigenvalue weighted by Crippen LogP contribution is 2.34. The quantitative estimate of drug-likeness (QED) is 0.256. The fourth-order valence-electron chi connectivity index (χ4n) is 1.28. The van der Waals surface area contributed by atoms with E-state index in [9.17, 15) is 10.2 Å². The van der Waals surface area contributed by atoms with Gasteiger partial charge in [0.1, 0.15) is 12.2 Å². The fraction of sp³-hybridized carbons (Fsp3) is 1.00. The molecule has 0 aliphatic carbocycles. The van der Waals surface area contributed by atoms with E-state index in [0.29, 0.717) is 4.43 Å². The Hall–Kier alpha value is -0.0800. The first-order valence-electron chi connectivity index (χ1n) is 3.73. The summed E-state index contributed by atoms with van der Waals surface area (Å²) in [4.78, 5) is 2.60. The Balaban J connectivity index is 2.95. The van der Waals surface area contributed by atoms with Crippen molar-refractivity contribution in [2.45, 2.75) is 31.0 Å². The van der Waals surface area contributed by atoms with E-state index in [0.717, 1.165) is 0 Å². The van der Waals surface area contributed by atoms with Crippen molar-refractivity contribution in [3.63, 3.8) is 0 Å². The molecule has 0 radical (unpaired) electrons. The lowest BCUT2D eigenvalue weighted by Crippen LogP contribution is -2.42. The van der Waals surface area contributed by atoms with Gasteiger partial charge in [0.2, 0.25) is 0 Å². The van der Waals surface area contributed by atoms with Crippen LogP contribution >= 0.6 is 22.6 Å². The van der Waals surface area contributed by atoms with Crippen molar-refractivity contribution >= 4 is 22.6 Å². The molecule has 1 heterocycles. The van der Waals surface area contributed by atoms with Crippen LogP contribution in [0, 0.1) is 0 Å². The topological polar surface area (TPSA) is 98.5 Å². The maximum Gasteiger partial charge on any atom is 0.184 e. The van der Waals surface area contributed by atoms with Crippen molar-refractivity contribution in [2.75, 3.05) is 4.43 Å². The predicted octanol–water partition coefficient (Wildman–Crippen LogP) is 0.568. The van der Waals surface area contributed by atoms with Crippen molar-refractivity contribution in [3.8, 4) is 0 Å². The largest absolute Gasteiger partial charge is 0.388 e. The molecular weight excluding hydrogens is 289 g/mol.